The van der Waals surface area contributed by atoms with Gasteiger partial charge in [-0.2, -0.15) is 0 Å². The standard InChI is InChI=1S/C23H26BrClN2O3/c1-16(23(29)26-20-6-2-3-7-20)27(14-17-9-11-18(24)12-10-17)22(28)15-30-21-8-4-5-19(25)13-21/h4-5,8-13,16,20H,2-3,6-7,14-15H2,1H3,(H,26,29). The summed E-state index contributed by atoms with van der Waals surface area (Å²) in [7, 11) is 0. The van der Waals surface area contributed by atoms with Crippen molar-refractivity contribution in [1.29, 1.82) is 0 Å². The number of benzene rings is 2. The summed E-state index contributed by atoms with van der Waals surface area (Å²) < 4.78 is 6.59. The Hall–Kier alpha value is -2.05. The molecule has 0 saturated heterocycles. The van der Waals surface area contributed by atoms with Crippen LogP contribution in [0.3, 0.4) is 0 Å². The van der Waals surface area contributed by atoms with Crippen molar-refractivity contribution in [2.24, 2.45) is 0 Å². The van der Waals surface area contributed by atoms with Crippen LogP contribution in [-0.2, 0) is 16.1 Å². The quantitative estimate of drug-likeness (QED) is 0.566. The van der Waals surface area contributed by atoms with Crippen LogP contribution in [-0.4, -0.2) is 35.4 Å². The Labute approximate surface area is 190 Å². The molecule has 3 rings (SSSR count). The number of rotatable bonds is 8. The number of nitrogens with one attached hydrogen (secondary N) is 1. The molecule has 1 atom stereocenters. The van der Waals surface area contributed by atoms with E-state index in [0.717, 1.165) is 35.7 Å². The Morgan fingerprint density at radius 3 is 2.57 bits per heavy atom. The molecule has 1 N–H and O–H groups in total. The predicted octanol–water partition coefficient (Wildman–Crippen LogP) is 4.96. The molecule has 2 amide bonds. The van der Waals surface area contributed by atoms with Crippen LogP contribution in [0.4, 0.5) is 0 Å². The number of nitrogens with zero attached hydrogens (tertiary/aromatic N) is 1. The van der Waals surface area contributed by atoms with Crippen molar-refractivity contribution in [3.05, 3.63) is 63.6 Å². The summed E-state index contributed by atoms with van der Waals surface area (Å²) in [4.78, 5) is 27.4. The Kier molecular flexibility index (Phi) is 8.16. The van der Waals surface area contributed by atoms with E-state index in [1.807, 2.05) is 24.3 Å². The van der Waals surface area contributed by atoms with Gasteiger partial charge in [-0.3, -0.25) is 9.59 Å². The third kappa shape index (κ3) is 6.47. The molecule has 1 saturated carbocycles. The van der Waals surface area contributed by atoms with E-state index in [0.29, 0.717) is 17.3 Å². The zero-order chi connectivity index (χ0) is 21.5. The fourth-order valence-electron chi connectivity index (χ4n) is 3.55. The zero-order valence-electron chi connectivity index (χ0n) is 16.9. The molecule has 1 fully saturated rings. The van der Waals surface area contributed by atoms with E-state index in [9.17, 15) is 9.59 Å². The van der Waals surface area contributed by atoms with Crippen LogP contribution in [0.1, 0.15) is 38.2 Å². The van der Waals surface area contributed by atoms with Crippen molar-refractivity contribution in [2.75, 3.05) is 6.61 Å². The number of hydrogen-bond acceptors (Lipinski definition) is 3. The van der Waals surface area contributed by atoms with Gasteiger partial charge in [-0.1, -0.05) is 58.6 Å². The van der Waals surface area contributed by atoms with Gasteiger partial charge in [0.25, 0.3) is 5.91 Å². The van der Waals surface area contributed by atoms with E-state index < -0.39 is 6.04 Å². The molecule has 0 aliphatic heterocycles. The second kappa shape index (κ2) is 10.8. The van der Waals surface area contributed by atoms with Crippen molar-refractivity contribution < 1.29 is 14.3 Å². The lowest BCUT2D eigenvalue weighted by atomic mass is 10.1. The highest BCUT2D eigenvalue weighted by molar-refractivity contribution is 9.10. The molecule has 5 nitrogen and oxygen atoms in total. The largest absolute Gasteiger partial charge is 0.484 e. The van der Waals surface area contributed by atoms with Gasteiger partial charge in [-0.25, -0.2) is 0 Å². The first-order valence-electron chi connectivity index (χ1n) is 10.1. The third-order valence-electron chi connectivity index (χ3n) is 5.29. The van der Waals surface area contributed by atoms with Crippen LogP contribution >= 0.6 is 27.5 Å². The number of amides is 2. The van der Waals surface area contributed by atoms with E-state index in [-0.39, 0.29) is 24.5 Å². The van der Waals surface area contributed by atoms with E-state index in [1.165, 1.54) is 0 Å². The fraction of sp³-hybridized carbons (Fsp3) is 0.391. The highest BCUT2D eigenvalue weighted by Crippen LogP contribution is 2.20. The minimum atomic E-state index is -0.607. The summed E-state index contributed by atoms with van der Waals surface area (Å²) in [5.74, 6) is 0.129. The smallest absolute Gasteiger partial charge is 0.261 e. The van der Waals surface area contributed by atoms with Crippen LogP contribution < -0.4 is 10.1 Å². The van der Waals surface area contributed by atoms with Gasteiger partial charge in [0.05, 0.1) is 0 Å². The topological polar surface area (TPSA) is 58.6 Å². The van der Waals surface area contributed by atoms with Gasteiger partial charge in [0.15, 0.2) is 6.61 Å². The normalized spacial score (nSPS) is 14.9. The zero-order valence-corrected chi connectivity index (χ0v) is 19.3. The molecule has 1 aliphatic rings. The molecule has 0 heterocycles. The summed E-state index contributed by atoms with van der Waals surface area (Å²) in [5.41, 5.74) is 0.940. The average molecular weight is 494 g/mol. The summed E-state index contributed by atoms with van der Waals surface area (Å²) in [5, 5.41) is 3.63. The molecule has 0 radical (unpaired) electrons. The second-order valence-corrected chi connectivity index (χ2v) is 8.91. The van der Waals surface area contributed by atoms with Gasteiger partial charge in [-0.15, -0.1) is 0 Å². The summed E-state index contributed by atoms with van der Waals surface area (Å²) >= 11 is 9.41. The Morgan fingerprint density at radius 1 is 1.20 bits per heavy atom. The van der Waals surface area contributed by atoms with Gasteiger partial charge in [0.1, 0.15) is 11.8 Å². The van der Waals surface area contributed by atoms with Crippen molar-refractivity contribution in [2.45, 2.75) is 51.2 Å². The minimum absolute atomic E-state index is 0.130. The number of carbonyl (C=O) groups is 2. The van der Waals surface area contributed by atoms with Gasteiger partial charge >= 0.3 is 0 Å². The highest BCUT2D eigenvalue weighted by atomic mass is 79.9. The first kappa shape index (κ1) is 22.6. The van der Waals surface area contributed by atoms with Crippen LogP contribution in [0.25, 0.3) is 0 Å². The molecular formula is C23H26BrClN2O3. The maximum Gasteiger partial charge on any atom is 0.261 e. The molecule has 30 heavy (non-hydrogen) atoms. The predicted molar refractivity (Wildman–Crippen MR) is 121 cm³/mol. The Balaban J connectivity index is 1.70. The lowest BCUT2D eigenvalue weighted by Crippen LogP contribution is -2.50. The van der Waals surface area contributed by atoms with E-state index in [2.05, 4.69) is 21.2 Å². The first-order valence-corrected chi connectivity index (χ1v) is 11.3. The molecule has 0 bridgehead atoms. The van der Waals surface area contributed by atoms with Gasteiger partial charge in [0.2, 0.25) is 5.91 Å². The SMILES string of the molecule is CC(C(=O)NC1CCCC1)N(Cc1ccc(Br)cc1)C(=O)COc1cccc(Cl)c1. The molecule has 2 aromatic rings. The molecule has 0 aromatic heterocycles. The fourth-order valence-corrected chi connectivity index (χ4v) is 3.99. The summed E-state index contributed by atoms with van der Waals surface area (Å²) in [6.07, 6.45) is 4.26. The second-order valence-electron chi connectivity index (χ2n) is 7.56. The monoisotopic (exact) mass is 492 g/mol. The molecule has 2 aromatic carbocycles. The lowest BCUT2D eigenvalue weighted by Gasteiger charge is -2.29. The van der Waals surface area contributed by atoms with Crippen LogP contribution in [0.5, 0.6) is 5.75 Å². The minimum Gasteiger partial charge on any atom is -0.484 e. The van der Waals surface area contributed by atoms with Gasteiger partial charge < -0.3 is 15.0 Å². The van der Waals surface area contributed by atoms with Crippen LogP contribution in [0.2, 0.25) is 5.02 Å². The molecule has 0 spiro atoms. The number of carbonyl (C=O) groups excluding carboxylic acids is 2. The van der Waals surface area contributed by atoms with E-state index in [4.69, 9.17) is 16.3 Å². The maximum atomic E-state index is 13.0. The molecule has 160 valence electrons. The van der Waals surface area contributed by atoms with E-state index >= 15 is 0 Å². The summed E-state index contributed by atoms with van der Waals surface area (Å²) in [6, 6.07) is 14.2. The summed E-state index contributed by atoms with van der Waals surface area (Å²) in [6.45, 7) is 1.92. The maximum absolute atomic E-state index is 13.0. The van der Waals surface area contributed by atoms with Gasteiger partial charge in [0, 0.05) is 22.1 Å². The molecule has 7 heteroatoms. The van der Waals surface area contributed by atoms with Crippen LogP contribution in [0.15, 0.2) is 53.0 Å². The van der Waals surface area contributed by atoms with E-state index in [1.54, 1.807) is 36.1 Å². The lowest BCUT2D eigenvalue weighted by molar-refractivity contribution is -0.142. The molecule has 1 aliphatic carbocycles. The van der Waals surface area contributed by atoms with Crippen molar-refractivity contribution >= 4 is 39.3 Å². The number of halogens is 2. The molecular weight excluding hydrogens is 468 g/mol. The average Bonchev–Trinajstić information content (AvgIpc) is 3.24. The highest BCUT2D eigenvalue weighted by Gasteiger charge is 2.28. The van der Waals surface area contributed by atoms with Crippen molar-refractivity contribution in [3.63, 3.8) is 0 Å². The van der Waals surface area contributed by atoms with Crippen LogP contribution in [0, 0.1) is 0 Å². The molecule has 1 unspecified atom stereocenters. The van der Waals surface area contributed by atoms with Crippen molar-refractivity contribution in [1.82, 2.24) is 10.2 Å². The first-order chi connectivity index (χ1) is 14.4. The number of hydrogen-bond donors (Lipinski definition) is 1. The van der Waals surface area contributed by atoms with Gasteiger partial charge in [-0.05, 0) is 55.7 Å². The number of ether oxygens (including phenoxy) is 1. The Bertz CT molecular complexity index is 869. The third-order valence-corrected chi connectivity index (χ3v) is 6.06. The Morgan fingerprint density at radius 2 is 1.90 bits per heavy atom. The van der Waals surface area contributed by atoms with Crippen molar-refractivity contribution in [3.8, 4) is 5.75 Å².